The predicted molar refractivity (Wildman–Crippen MR) is 93.6 cm³/mol. The minimum atomic E-state index is 0.491. The molecule has 0 aliphatic heterocycles. The fourth-order valence-electron chi connectivity index (χ4n) is 1.99. The SMILES string of the molecule is Clc1ccc(COc2ccc(CNc3ncn[nH]3)cc2Br)cc1. The number of nitrogens with zero attached hydrogens (tertiary/aromatic N) is 2. The van der Waals surface area contributed by atoms with E-state index in [1.807, 2.05) is 42.5 Å². The highest BCUT2D eigenvalue weighted by molar-refractivity contribution is 9.10. The Bertz CT molecular complexity index is 762. The topological polar surface area (TPSA) is 62.8 Å². The summed E-state index contributed by atoms with van der Waals surface area (Å²) in [7, 11) is 0. The van der Waals surface area contributed by atoms with Crippen LogP contribution in [0.4, 0.5) is 5.95 Å². The normalized spacial score (nSPS) is 10.5. The summed E-state index contributed by atoms with van der Waals surface area (Å²) in [5.41, 5.74) is 2.17. The molecule has 7 heteroatoms. The van der Waals surface area contributed by atoms with Gasteiger partial charge in [-0.3, -0.25) is 0 Å². The van der Waals surface area contributed by atoms with Crippen LogP contribution in [-0.4, -0.2) is 15.2 Å². The number of halogens is 2. The number of hydrogen-bond donors (Lipinski definition) is 2. The molecule has 0 saturated carbocycles. The first-order valence-corrected chi connectivity index (χ1v) is 8.13. The Hall–Kier alpha value is -2.05. The van der Waals surface area contributed by atoms with Crippen molar-refractivity contribution in [1.29, 1.82) is 0 Å². The van der Waals surface area contributed by atoms with Gasteiger partial charge in [0.05, 0.1) is 4.47 Å². The highest BCUT2D eigenvalue weighted by Gasteiger charge is 2.04. The number of benzene rings is 2. The second-order valence-corrected chi connectivity index (χ2v) is 6.16. The van der Waals surface area contributed by atoms with Gasteiger partial charge in [-0.25, -0.2) is 10.1 Å². The number of rotatable bonds is 6. The molecule has 1 aromatic heterocycles. The van der Waals surface area contributed by atoms with Crippen LogP contribution >= 0.6 is 27.5 Å². The maximum absolute atomic E-state index is 5.87. The average molecular weight is 394 g/mol. The van der Waals surface area contributed by atoms with Crippen molar-refractivity contribution in [2.45, 2.75) is 13.2 Å². The van der Waals surface area contributed by atoms with E-state index in [4.69, 9.17) is 16.3 Å². The number of nitrogens with one attached hydrogen (secondary N) is 2. The number of H-pyrrole nitrogens is 1. The summed E-state index contributed by atoms with van der Waals surface area (Å²) in [6, 6.07) is 13.6. The molecule has 0 amide bonds. The number of aromatic amines is 1. The van der Waals surface area contributed by atoms with Crippen LogP contribution in [0, 0.1) is 0 Å². The Labute approximate surface area is 147 Å². The van der Waals surface area contributed by atoms with Crippen LogP contribution in [0.15, 0.2) is 53.3 Å². The molecule has 5 nitrogen and oxygen atoms in total. The summed E-state index contributed by atoms with van der Waals surface area (Å²) in [6.07, 6.45) is 1.46. The number of anilines is 1. The Kier molecular flexibility index (Phi) is 5.15. The molecule has 0 fully saturated rings. The van der Waals surface area contributed by atoms with Gasteiger partial charge in [0.1, 0.15) is 18.7 Å². The molecule has 3 aromatic rings. The Morgan fingerprint density at radius 1 is 1.13 bits per heavy atom. The molecule has 0 spiro atoms. The van der Waals surface area contributed by atoms with Crippen molar-refractivity contribution in [2.24, 2.45) is 0 Å². The molecule has 118 valence electrons. The quantitative estimate of drug-likeness (QED) is 0.651. The highest BCUT2D eigenvalue weighted by atomic mass is 79.9. The van der Waals surface area contributed by atoms with Gasteiger partial charge in [-0.2, -0.15) is 5.10 Å². The van der Waals surface area contributed by atoms with Crippen LogP contribution in [0.2, 0.25) is 5.02 Å². The lowest BCUT2D eigenvalue weighted by Crippen LogP contribution is -2.02. The lowest BCUT2D eigenvalue weighted by Gasteiger charge is -2.10. The molecule has 0 unspecified atom stereocenters. The van der Waals surface area contributed by atoms with Gasteiger partial charge in [0.25, 0.3) is 0 Å². The van der Waals surface area contributed by atoms with Crippen LogP contribution in [0.3, 0.4) is 0 Å². The second kappa shape index (κ2) is 7.48. The van der Waals surface area contributed by atoms with Crippen molar-refractivity contribution >= 4 is 33.5 Å². The van der Waals surface area contributed by atoms with Crippen molar-refractivity contribution < 1.29 is 4.74 Å². The zero-order chi connectivity index (χ0) is 16.1. The third kappa shape index (κ3) is 4.46. The standard InChI is InChI=1S/C16H14BrClN4O/c17-14-7-12(8-19-16-20-10-21-22-16)3-6-15(14)23-9-11-1-4-13(18)5-2-11/h1-7,10H,8-9H2,(H2,19,20,21,22). The Morgan fingerprint density at radius 3 is 2.61 bits per heavy atom. The van der Waals surface area contributed by atoms with E-state index in [0.29, 0.717) is 19.1 Å². The first-order valence-electron chi connectivity index (χ1n) is 6.95. The zero-order valence-electron chi connectivity index (χ0n) is 12.1. The largest absolute Gasteiger partial charge is 0.488 e. The summed E-state index contributed by atoms with van der Waals surface area (Å²) in [5, 5.41) is 10.4. The maximum Gasteiger partial charge on any atom is 0.218 e. The fraction of sp³-hybridized carbons (Fsp3) is 0.125. The minimum absolute atomic E-state index is 0.491. The van der Waals surface area contributed by atoms with E-state index < -0.39 is 0 Å². The Morgan fingerprint density at radius 2 is 1.91 bits per heavy atom. The van der Waals surface area contributed by atoms with Crippen LogP contribution in [0.1, 0.15) is 11.1 Å². The molecular weight excluding hydrogens is 380 g/mol. The van der Waals surface area contributed by atoms with Crippen molar-refractivity contribution in [3.63, 3.8) is 0 Å². The molecule has 0 radical (unpaired) electrons. The van der Waals surface area contributed by atoms with Crippen molar-refractivity contribution in [1.82, 2.24) is 15.2 Å². The van der Waals surface area contributed by atoms with E-state index in [-0.39, 0.29) is 0 Å². The summed E-state index contributed by atoms with van der Waals surface area (Å²) in [5.74, 6) is 1.44. The van der Waals surface area contributed by atoms with E-state index in [1.54, 1.807) is 0 Å². The van der Waals surface area contributed by atoms with Crippen molar-refractivity contribution in [3.05, 3.63) is 69.4 Å². The van der Waals surface area contributed by atoms with Gasteiger partial charge in [0, 0.05) is 11.6 Å². The lowest BCUT2D eigenvalue weighted by atomic mass is 10.2. The van der Waals surface area contributed by atoms with Crippen molar-refractivity contribution in [2.75, 3.05) is 5.32 Å². The van der Waals surface area contributed by atoms with Crippen LogP contribution in [0.25, 0.3) is 0 Å². The molecule has 23 heavy (non-hydrogen) atoms. The average Bonchev–Trinajstić information content (AvgIpc) is 3.07. The molecule has 2 aromatic carbocycles. The molecule has 0 saturated heterocycles. The van der Waals surface area contributed by atoms with Gasteiger partial charge in [-0.05, 0) is 51.3 Å². The second-order valence-electron chi connectivity index (χ2n) is 4.87. The van der Waals surface area contributed by atoms with E-state index in [9.17, 15) is 0 Å². The first-order chi connectivity index (χ1) is 11.2. The van der Waals surface area contributed by atoms with Gasteiger partial charge in [0.2, 0.25) is 5.95 Å². The van der Waals surface area contributed by atoms with Gasteiger partial charge >= 0.3 is 0 Å². The van der Waals surface area contributed by atoms with E-state index in [1.165, 1.54) is 6.33 Å². The number of aromatic nitrogens is 3. The number of ether oxygens (including phenoxy) is 1. The van der Waals surface area contributed by atoms with Crippen LogP contribution in [-0.2, 0) is 13.2 Å². The van der Waals surface area contributed by atoms with Gasteiger partial charge < -0.3 is 10.1 Å². The Balaban J connectivity index is 1.59. The van der Waals surface area contributed by atoms with Crippen molar-refractivity contribution in [3.8, 4) is 5.75 Å². The van der Waals surface area contributed by atoms with E-state index in [0.717, 1.165) is 26.4 Å². The van der Waals surface area contributed by atoms with Crippen LogP contribution < -0.4 is 10.1 Å². The molecule has 2 N–H and O–H groups in total. The lowest BCUT2D eigenvalue weighted by molar-refractivity contribution is 0.304. The zero-order valence-corrected chi connectivity index (χ0v) is 14.4. The number of hydrogen-bond acceptors (Lipinski definition) is 4. The third-order valence-electron chi connectivity index (χ3n) is 3.18. The molecule has 0 bridgehead atoms. The molecule has 3 rings (SSSR count). The minimum Gasteiger partial charge on any atom is -0.488 e. The summed E-state index contributed by atoms with van der Waals surface area (Å²) in [6.45, 7) is 1.14. The fourth-order valence-corrected chi connectivity index (χ4v) is 2.66. The van der Waals surface area contributed by atoms with Gasteiger partial charge in [0.15, 0.2) is 0 Å². The highest BCUT2D eigenvalue weighted by Crippen LogP contribution is 2.27. The molecule has 0 aliphatic carbocycles. The predicted octanol–water partition coefficient (Wildman–Crippen LogP) is 4.41. The first kappa shape index (κ1) is 15.8. The molecular formula is C16H14BrClN4O. The molecule has 0 atom stereocenters. The molecule has 1 heterocycles. The monoisotopic (exact) mass is 392 g/mol. The van der Waals surface area contributed by atoms with Crippen LogP contribution in [0.5, 0.6) is 5.75 Å². The third-order valence-corrected chi connectivity index (χ3v) is 4.05. The van der Waals surface area contributed by atoms with Gasteiger partial charge in [-0.1, -0.05) is 29.8 Å². The van der Waals surface area contributed by atoms with E-state index >= 15 is 0 Å². The molecule has 0 aliphatic rings. The maximum atomic E-state index is 5.87. The smallest absolute Gasteiger partial charge is 0.218 e. The summed E-state index contributed by atoms with van der Waals surface area (Å²) < 4.78 is 6.74. The van der Waals surface area contributed by atoms with E-state index in [2.05, 4.69) is 36.4 Å². The summed E-state index contributed by atoms with van der Waals surface area (Å²) in [4.78, 5) is 4.02. The van der Waals surface area contributed by atoms with Gasteiger partial charge in [-0.15, -0.1) is 0 Å². The summed E-state index contributed by atoms with van der Waals surface area (Å²) >= 11 is 9.41.